The van der Waals surface area contributed by atoms with Crippen molar-refractivity contribution >= 4 is 5.91 Å². The second-order valence-corrected chi connectivity index (χ2v) is 3.23. The average Bonchev–Trinajstić information content (AvgIpc) is 2.82. The number of phenols is 2. The first kappa shape index (κ1) is 10.9. The van der Waals surface area contributed by atoms with Gasteiger partial charge in [0.2, 0.25) is 6.39 Å². The molecule has 2 rings (SSSR count). The maximum Gasteiger partial charge on any atom is 0.251 e. The highest BCUT2D eigenvalue weighted by molar-refractivity contribution is 5.94. The third-order valence-electron chi connectivity index (χ3n) is 2.05. The minimum Gasteiger partial charge on any atom is -0.504 e. The fourth-order valence-corrected chi connectivity index (χ4v) is 1.20. The minimum atomic E-state index is -0.412. The third-order valence-corrected chi connectivity index (χ3v) is 2.05. The SMILES string of the molecule is O=C(NCc1ncon1)c1ccc(O)c(O)c1. The Labute approximate surface area is 95.7 Å². The number of carbonyl (C=O) groups is 1. The highest BCUT2D eigenvalue weighted by Crippen LogP contribution is 2.24. The Hall–Kier alpha value is -2.57. The number of hydrogen-bond acceptors (Lipinski definition) is 6. The number of benzene rings is 1. The number of hydrogen-bond donors (Lipinski definition) is 3. The van der Waals surface area contributed by atoms with E-state index in [2.05, 4.69) is 20.0 Å². The van der Waals surface area contributed by atoms with Gasteiger partial charge in [0.15, 0.2) is 17.3 Å². The van der Waals surface area contributed by atoms with Crippen molar-refractivity contribution in [3.8, 4) is 11.5 Å². The van der Waals surface area contributed by atoms with Crippen LogP contribution in [0.25, 0.3) is 0 Å². The molecule has 17 heavy (non-hydrogen) atoms. The summed E-state index contributed by atoms with van der Waals surface area (Å²) >= 11 is 0. The van der Waals surface area contributed by atoms with Crippen LogP contribution in [0, 0.1) is 0 Å². The third kappa shape index (κ3) is 2.51. The molecule has 0 unspecified atom stereocenters. The second-order valence-electron chi connectivity index (χ2n) is 3.23. The van der Waals surface area contributed by atoms with Gasteiger partial charge in [0.25, 0.3) is 5.91 Å². The van der Waals surface area contributed by atoms with Crippen molar-refractivity contribution in [2.24, 2.45) is 0 Å². The van der Waals surface area contributed by atoms with Gasteiger partial charge in [-0.15, -0.1) is 0 Å². The lowest BCUT2D eigenvalue weighted by Gasteiger charge is -2.03. The Balaban J connectivity index is 2.02. The zero-order valence-electron chi connectivity index (χ0n) is 8.62. The van der Waals surface area contributed by atoms with Crippen LogP contribution in [-0.4, -0.2) is 26.3 Å². The van der Waals surface area contributed by atoms with E-state index < -0.39 is 5.91 Å². The molecule has 7 heteroatoms. The monoisotopic (exact) mass is 235 g/mol. The van der Waals surface area contributed by atoms with Crippen molar-refractivity contribution < 1.29 is 19.5 Å². The molecule has 0 bridgehead atoms. The molecule has 0 radical (unpaired) electrons. The van der Waals surface area contributed by atoms with E-state index in [1.54, 1.807) is 0 Å². The quantitative estimate of drug-likeness (QED) is 0.665. The van der Waals surface area contributed by atoms with Crippen molar-refractivity contribution in [1.29, 1.82) is 0 Å². The van der Waals surface area contributed by atoms with E-state index in [0.717, 1.165) is 6.39 Å². The van der Waals surface area contributed by atoms with Crippen LogP contribution in [0.15, 0.2) is 29.1 Å². The summed E-state index contributed by atoms with van der Waals surface area (Å²) in [7, 11) is 0. The van der Waals surface area contributed by atoms with Crippen LogP contribution in [0.3, 0.4) is 0 Å². The fraction of sp³-hybridized carbons (Fsp3) is 0.100. The van der Waals surface area contributed by atoms with Crippen LogP contribution in [0.1, 0.15) is 16.2 Å². The average molecular weight is 235 g/mol. The van der Waals surface area contributed by atoms with E-state index in [1.807, 2.05) is 0 Å². The van der Waals surface area contributed by atoms with Crippen LogP contribution in [0.2, 0.25) is 0 Å². The number of phenolic OH excluding ortho intramolecular Hbond substituents is 2. The van der Waals surface area contributed by atoms with E-state index in [1.165, 1.54) is 18.2 Å². The van der Waals surface area contributed by atoms with Crippen LogP contribution in [0.4, 0.5) is 0 Å². The van der Waals surface area contributed by atoms with E-state index in [4.69, 9.17) is 5.11 Å². The molecule has 2 aromatic rings. The molecule has 0 aliphatic carbocycles. The van der Waals surface area contributed by atoms with E-state index in [0.29, 0.717) is 5.82 Å². The van der Waals surface area contributed by atoms with Gasteiger partial charge in [-0.3, -0.25) is 4.79 Å². The summed E-state index contributed by atoms with van der Waals surface area (Å²) in [5.41, 5.74) is 0.226. The first-order chi connectivity index (χ1) is 8.16. The predicted octanol–water partition coefficient (Wildman–Crippen LogP) is 0.411. The van der Waals surface area contributed by atoms with Crippen LogP contribution < -0.4 is 5.32 Å². The lowest BCUT2D eigenvalue weighted by atomic mass is 10.2. The van der Waals surface area contributed by atoms with Crippen molar-refractivity contribution in [3.05, 3.63) is 36.0 Å². The molecule has 0 fully saturated rings. The fourth-order valence-electron chi connectivity index (χ4n) is 1.20. The van der Waals surface area contributed by atoms with E-state index >= 15 is 0 Å². The summed E-state index contributed by atoms with van der Waals surface area (Å²) in [5, 5.41) is 24.4. The molecule has 1 aromatic carbocycles. The lowest BCUT2D eigenvalue weighted by molar-refractivity contribution is 0.0949. The zero-order chi connectivity index (χ0) is 12.3. The molecular formula is C10H9N3O4. The van der Waals surface area contributed by atoms with Gasteiger partial charge in [0.05, 0.1) is 6.54 Å². The van der Waals surface area contributed by atoms with Gasteiger partial charge in [0.1, 0.15) is 0 Å². The topological polar surface area (TPSA) is 108 Å². The molecule has 0 atom stereocenters. The molecule has 0 saturated heterocycles. The summed E-state index contributed by atoms with van der Waals surface area (Å²) in [6, 6.07) is 3.79. The molecule has 0 aliphatic rings. The van der Waals surface area contributed by atoms with Gasteiger partial charge >= 0.3 is 0 Å². The summed E-state index contributed by atoms with van der Waals surface area (Å²) in [5.74, 6) is -0.691. The Morgan fingerprint density at radius 1 is 1.35 bits per heavy atom. The van der Waals surface area contributed by atoms with Gasteiger partial charge in [0, 0.05) is 5.56 Å². The zero-order valence-corrected chi connectivity index (χ0v) is 8.62. The van der Waals surface area contributed by atoms with Gasteiger partial charge in [-0.05, 0) is 18.2 Å². The Bertz CT molecular complexity index is 524. The van der Waals surface area contributed by atoms with Gasteiger partial charge in [-0.1, -0.05) is 5.16 Å². The number of amides is 1. The minimum absolute atomic E-state index is 0.122. The number of aromatic hydroxyl groups is 2. The summed E-state index contributed by atoms with van der Waals surface area (Å²) in [4.78, 5) is 15.3. The van der Waals surface area contributed by atoms with Crippen LogP contribution in [-0.2, 0) is 6.54 Å². The normalized spacial score (nSPS) is 10.1. The highest BCUT2D eigenvalue weighted by Gasteiger charge is 2.09. The number of rotatable bonds is 3. The lowest BCUT2D eigenvalue weighted by Crippen LogP contribution is -2.23. The van der Waals surface area contributed by atoms with E-state index in [-0.39, 0.29) is 23.6 Å². The van der Waals surface area contributed by atoms with Gasteiger partial charge < -0.3 is 20.1 Å². The molecule has 1 aromatic heterocycles. The Kier molecular flexibility index (Phi) is 2.91. The smallest absolute Gasteiger partial charge is 0.251 e. The molecular weight excluding hydrogens is 226 g/mol. The molecule has 1 heterocycles. The molecule has 3 N–H and O–H groups in total. The molecule has 0 aliphatic heterocycles. The summed E-state index contributed by atoms with van der Waals surface area (Å²) in [6.45, 7) is 0.122. The number of nitrogens with one attached hydrogen (secondary N) is 1. The second kappa shape index (κ2) is 4.52. The number of carbonyl (C=O) groups excluding carboxylic acids is 1. The maximum atomic E-state index is 11.6. The van der Waals surface area contributed by atoms with E-state index in [9.17, 15) is 9.90 Å². The highest BCUT2D eigenvalue weighted by atomic mass is 16.5. The molecule has 0 spiro atoms. The summed E-state index contributed by atoms with van der Waals surface area (Å²) < 4.78 is 4.50. The Morgan fingerprint density at radius 3 is 2.82 bits per heavy atom. The molecule has 0 saturated carbocycles. The van der Waals surface area contributed by atoms with Crippen LogP contribution in [0.5, 0.6) is 11.5 Å². The largest absolute Gasteiger partial charge is 0.504 e. The van der Waals surface area contributed by atoms with Gasteiger partial charge in [-0.25, -0.2) is 0 Å². The van der Waals surface area contributed by atoms with Crippen molar-refractivity contribution in [1.82, 2.24) is 15.5 Å². The predicted molar refractivity (Wildman–Crippen MR) is 55.2 cm³/mol. The van der Waals surface area contributed by atoms with Crippen molar-refractivity contribution in [2.75, 3.05) is 0 Å². The van der Waals surface area contributed by atoms with Gasteiger partial charge in [-0.2, -0.15) is 4.98 Å². The standard InChI is InChI=1S/C10H9N3O4/c14-7-2-1-6(3-8(7)15)10(16)11-4-9-12-5-17-13-9/h1-3,5,14-15H,4H2,(H,11,16). The molecule has 7 nitrogen and oxygen atoms in total. The Morgan fingerprint density at radius 2 is 2.18 bits per heavy atom. The van der Waals surface area contributed by atoms with Crippen LogP contribution >= 0.6 is 0 Å². The molecule has 1 amide bonds. The number of aromatic nitrogens is 2. The maximum absolute atomic E-state index is 11.6. The first-order valence-electron chi connectivity index (χ1n) is 4.72. The number of nitrogens with zero attached hydrogens (tertiary/aromatic N) is 2. The molecule has 88 valence electrons. The summed E-state index contributed by atoms with van der Waals surface area (Å²) in [6.07, 6.45) is 1.16. The first-order valence-corrected chi connectivity index (χ1v) is 4.72. The van der Waals surface area contributed by atoms with Crippen molar-refractivity contribution in [3.63, 3.8) is 0 Å². The van der Waals surface area contributed by atoms with Crippen molar-refractivity contribution in [2.45, 2.75) is 6.54 Å².